The van der Waals surface area contributed by atoms with Gasteiger partial charge in [0.1, 0.15) is 21.4 Å². The number of aromatic nitrogens is 2. The summed E-state index contributed by atoms with van der Waals surface area (Å²) in [6.07, 6.45) is 1.52. The molecule has 0 radical (unpaired) electrons. The maximum Gasteiger partial charge on any atom is 0.266 e. The highest BCUT2D eigenvalue weighted by molar-refractivity contribution is 7.92. The average Bonchev–Trinajstić information content (AvgIpc) is 3.01. The van der Waals surface area contributed by atoms with Crippen molar-refractivity contribution in [3.8, 4) is 11.5 Å². The SMILES string of the molecule is COc1ccc(S(=O)(=O)Nc2nn(Cc3ccccc3Cl)cc2Cl)c(OC)c1. The standard InChI is InChI=1S/C18H17Cl2N3O4S/c1-26-13-7-8-17(16(9-13)27-2)28(24,25)22-18-15(20)11-23(21-18)10-12-5-3-4-6-14(12)19/h3-9,11H,10H2,1-2H3,(H,21,22). The van der Waals surface area contributed by atoms with E-state index in [1.54, 1.807) is 6.07 Å². The number of halogens is 2. The van der Waals surface area contributed by atoms with E-state index in [1.165, 1.54) is 43.3 Å². The maximum atomic E-state index is 12.8. The van der Waals surface area contributed by atoms with Crippen molar-refractivity contribution in [3.63, 3.8) is 0 Å². The van der Waals surface area contributed by atoms with Crippen LogP contribution >= 0.6 is 23.2 Å². The minimum absolute atomic E-state index is 0.00610. The quantitative estimate of drug-likeness (QED) is 0.597. The molecule has 3 aromatic rings. The zero-order valence-electron chi connectivity index (χ0n) is 15.0. The summed E-state index contributed by atoms with van der Waals surface area (Å²) in [6, 6.07) is 11.7. The molecule has 1 aromatic heterocycles. The van der Waals surface area contributed by atoms with Crippen LogP contribution in [0.1, 0.15) is 5.56 Å². The zero-order valence-corrected chi connectivity index (χ0v) is 17.3. The van der Waals surface area contributed by atoms with Crippen molar-refractivity contribution in [2.45, 2.75) is 11.4 Å². The Morgan fingerprint density at radius 1 is 1.07 bits per heavy atom. The van der Waals surface area contributed by atoms with Gasteiger partial charge in [0.25, 0.3) is 10.0 Å². The van der Waals surface area contributed by atoms with Gasteiger partial charge in [0.15, 0.2) is 5.82 Å². The fraction of sp³-hybridized carbons (Fsp3) is 0.167. The largest absolute Gasteiger partial charge is 0.497 e. The van der Waals surface area contributed by atoms with Gasteiger partial charge in [0.05, 0.1) is 20.8 Å². The minimum Gasteiger partial charge on any atom is -0.497 e. The molecule has 148 valence electrons. The molecule has 0 atom stereocenters. The van der Waals surface area contributed by atoms with Crippen LogP contribution < -0.4 is 14.2 Å². The summed E-state index contributed by atoms with van der Waals surface area (Å²) < 4.78 is 39.7. The van der Waals surface area contributed by atoms with Gasteiger partial charge in [-0.25, -0.2) is 8.42 Å². The Bertz CT molecular complexity index is 1100. The highest BCUT2D eigenvalue weighted by Gasteiger charge is 2.23. The Hall–Kier alpha value is -2.42. The first-order valence-electron chi connectivity index (χ1n) is 8.05. The van der Waals surface area contributed by atoms with E-state index in [-0.39, 0.29) is 21.5 Å². The predicted molar refractivity (Wildman–Crippen MR) is 108 cm³/mol. The molecule has 1 N–H and O–H groups in total. The van der Waals surface area contributed by atoms with Crippen molar-refractivity contribution in [1.82, 2.24) is 9.78 Å². The van der Waals surface area contributed by atoms with Gasteiger partial charge in [-0.3, -0.25) is 9.40 Å². The molecular weight excluding hydrogens is 425 g/mol. The van der Waals surface area contributed by atoms with Gasteiger partial charge in [0.2, 0.25) is 0 Å². The van der Waals surface area contributed by atoms with Gasteiger partial charge in [-0.2, -0.15) is 5.10 Å². The highest BCUT2D eigenvalue weighted by Crippen LogP contribution is 2.31. The lowest BCUT2D eigenvalue weighted by molar-refractivity contribution is 0.386. The van der Waals surface area contributed by atoms with Crippen LogP contribution in [0.2, 0.25) is 10.0 Å². The summed E-state index contributed by atoms with van der Waals surface area (Å²) in [5.74, 6) is 0.614. The molecule has 0 aliphatic carbocycles. The summed E-state index contributed by atoms with van der Waals surface area (Å²) in [5, 5.41) is 4.95. The Kier molecular flexibility index (Phi) is 6.02. The minimum atomic E-state index is -3.99. The fourth-order valence-electron chi connectivity index (χ4n) is 2.53. The molecule has 0 aliphatic heterocycles. The van der Waals surface area contributed by atoms with Crippen LogP contribution in [0.3, 0.4) is 0 Å². The molecule has 2 aromatic carbocycles. The Morgan fingerprint density at radius 3 is 2.50 bits per heavy atom. The van der Waals surface area contributed by atoms with Gasteiger partial charge >= 0.3 is 0 Å². The van der Waals surface area contributed by atoms with Crippen molar-refractivity contribution in [2.24, 2.45) is 0 Å². The third kappa shape index (κ3) is 4.35. The van der Waals surface area contributed by atoms with E-state index in [4.69, 9.17) is 32.7 Å². The van der Waals surface area contributed by atoms with Crippen molar-refractivity contribution < 1.29 is 17.9 Å². The van der Waals surface area contributed by atoms with Crippen LogP contribution in [0.15, 0.2) is 53.6 Å². The second-order valence-corrected chi connectivity index (χ2v) is 8.20. The lowest BCUT2D eigenvalue weighted by atomic mass is 10.2. The molecule has 3 rings (SSSR count). The van der Waals surface area contributed by atoms with Crippen molar-refractivity contribution in [1.29, 1.82) is 0 Å². The second-order valence-electron chi connectivity index (χ2n) is 5.74. The van der Waals surface area contributed by atoms with Crippen LogP contribution in [0.4, 0.5) is 5.82 Å². The molecule has 0 saturated heterocycles. The van der Waals surface area contributed by atoms with Crippen LogP contribution in [-0.2, 0) is 16.6 Å². The Morgan fingerprint density at radius 2 is 1.82 bits per heavy atom. The van der Waals surface area contributed by atoms with Gasteiger partial charge < -0.3 is 9.47 Å². The van der Waals surface area contributed by atoms with Gasteiger partial charge in [0, 0.05) is 17.3 Å². The number of benzene rings is 2. The van der Waals surface area contributed by atoms with E-state index in [0.717, 1.165) is 5.56 Å². The molecular formula is C18H17Cl2N3O4S. The van der Waals surface area contributed by atoms with Gasteiger partial charge in [-0.15, -0.1) is 0 Å². The zero-order chi connectivity index (χ0) is 20.3. The number of rotatable bonds is 7. The molecule has 10 heteroatoms. The van der Waals surface area contributed by atoms with Crippen molar-refractivity contribution in [3.05, 3.63) is 64.3 Å². The summed E-state index contributed by atoms with van der Waals surface area (Å²) in [7, 11) is -1.14. The molecule has 0 fully saturated rings. The summed E-state index contributed by atoms with van der Waals surface area (Å²) in [4.78, 5) is -0.0625. The Labute approximate surface area is 172 Å². The summed E-state index contributed by atoms with van der Waals surface area (Å²) in [5.41, 5.74) is 0.828. The number of hydrogen-bond donors (Lipinski definition) is 1. The van der Waals surface area contributed by atoms with E-state index in [2.05, 4.69) is 9.82 Å². The van der Waals surface area contributed by atoms with Crippen LogP contribution in [0.5, 0.6) is 11.5 Å². The van der Waals surface area contributed by atoms with Crippen LogP contribution in [0.25, 0.3) is 0 Å². The molecule has 0 bridgehead atoms. The first-order valence-corrected chi connectivity index (χ1v) is 10.3. The predicted octanol–water partition coefficient (Wildman–Crippen LogP) is 4.06. The first-order chi connectivity index (χ1) is 13.3. The molecule has 28 heavy (non-hydrogen) atoms. The third-order valence-electron chi connectivity index (χ3n) is 3.90. The number of methoxy groups -OCH3 is 2. The molecule has 0 aliphatic rings. The normalized spacial score (nSPS) is 11.3. The van der Waals surface area contributed by atoms with E-state index >= 15 is 0 Å². The number of sulfonamides is 1. The van der Waals surface area contributed by atoms with E-state index < -0.39 is 10.0 Å². The molecule has 0 spiro atoms. The number of anilines is 1. The topological polar surface area (TPSA) is 82.5 Å². The van der Waals surface area contributed by atoms with Crippen LogP contribution in [0, 0.1) is 0 Å². The fourth-order valence-corrected chi connectivity index (χ4v) is 4.15. The number of nitrogens with one attached hydrogen (secondary N) is 1. The lowest BCUT2D eigenvalue weighted by Crippen LogP contribution is -2.15. The monoisotopic (exact) mass is 441 g/mol. The van der Waals surface area contributed by atoms with Crippen LogP contribution in [-0.4, -0.2) is 32.4 Å². The summed E-state index contributed by atoms with van der Waals surface area (Å²) in [6.45, 7) is 0.340. The van der Waals surface area contributed by atoms with Gasteiger partial charge in [-0.1, -0.05) is 41.4 Å². The van der Waals surface area contributed by atoms with Crippen molar-refractivity contribution in [2.75, 3.05) is 18.9 Å². The number of nitrogens with zero attached hydrogens (tertiary/aromatic N) is 2. The molecule has 0 amide bonds. The number of hydrogen-bond acceptors (Lipinski definition) is 5. The van der Waals surface area contributed by atoms with E-state index in [9.17, 15) is 8.42 Å². The molecule has 0 unspecified atom stereocenters. The van der Waals surface area contributed by atoms with Crippen molar-refractivity contribution >= 4 is 39.0 Å². The summed E-state index contributed by atoms with van der Waals surface area (Å²) >= 11 is 12.3. The second kappa shape index (κ2) is 8.30. The lowest BCUT2D eigenvalue weighted by Gasteiger charge is -2.11. The van der Waals surface area contributed by atoms with E-state index in [0.29, 0.717) is 17.3 Å². The van der Waals surface area contributed by atoms with E-state index in [1.807, 2.05) is 18.2 Å². The number of ether oxygens (including phenoxy) is 2. The average molecular weight is 442 g/mol. The highest BCUT2D eigenvalue weighted by atomic mass is 35.5. The molecule has 1 heterocycles. The molecule has 7 nitrogen and oxygen atoms in total. The Balaban J connectivity index is 1.87. The smallest absolute Gasteiger partial charge is 0.266 e. The third-order valence-corrected chi connectivity index (χ3v) is 5.92. The first kappa shape index (κ1) is 20.3. The molecule has 0 saturated carbocycles. The van der Waals surface area contributed by atoms with Gasteiger partial charge in [-0.05, 0) is 23.8 Å². The maximum absolute atomic E-state index is 12.8.